The molecule has 0 unspecified atom stereocenters. The van der Waals surface area contributed by atoms with Gasteiger partial charge in [-0.05, 0) is 69.0 Å². The number of non-ortho nitro benzene ring substituents is 1. The van der Waals surface area contributed by atoms with Crippen LogP contribution in [0.3, 0.4) is 0 Å². The third kappa shape index (κ3) is 6.70. The third-order valence-electron chi connectivity index (χ3n) is 6.57. The van der Waals surface area contributed by atoms with Crippen LogP contribution in [0.25, 0.3) is 0 Å². The van der Waals surface area contributed by atoms with Gasteiger partial charge in [0.2, 0.25) is 0 Å². The molecule has 1 heterocycles. The van der Waals surface area contributed by atoms with Crippen LogP contribution in [0.1, 0.15) is 41.7 Å². The van der Waals surface area contributed by atoms with Crippen molar-refractivity contribution in [3.63, 3.8) is 0 Å². The molecule has 4 rings (SSSR count). The number of rotatable bonds is 9. The molecule has 0 aliphatic heterocycles. The minimum Gasteiger partial charge on any atom is -0.497 e. The van der Waals surface area contributed by atoms with Crippen LogP contribution in [0.5, 0.6) is 17.2 Å². The fourth-order valence-corrected chi connectivity index (χ4v) is 4.51. The first-order valence-electron chi connectivity index (χ1n) is 12.6. The lowest BCUT2D eigenvalue weighted by molar-refractivity contribution is -0.384. The summed E-state index contributed by atoms with van der Waals surface area (Å²) in [6, 6.07) is 15.2. The number of nitrogens with one attached hydrogen (secondary N) is 2. The fourth-order valence-electron chi connectivity index (χ4n) is 4.51. The van der Waals surface area contributed by atoms with Crippen molar-refractivity contribution in [2.75, 3.05) is 31.4 Å². The normalized spacial score (nSPS) is 16.8. The zero-order chi connectivity index (χ0) is 27.2. The zero-order valence-corrected chi connectivity index (χ0v) is 22.1. The quantitative estimate of drug-likeness (QED) is 0.288. The van der Waals surface area contributed by atoms with Crippen LogP contribution < -0.4 is 25.0 Å². The molecule has 1 aliphatic carbocycles. The Labute approximate surface area is 222 Å². The van der Waals surface area contributed by atoms with Gasteiger partial charge in [-0.15, -0.1) is 0 Å². The molecule has 1 saturated carbocycles. The molecule has 2 aromatic carbocycles. The van der Waals surface area contributed by atoms with Crippen molar-refractivity contribution in [2.24, 2.45) is 0 Å². The van der Waals surface area contributed by atoms with Crippen LogP contribution in [0.2, 0.25) is 0 Å². The summed E-state index contributed by atoms with van der Waals surface area (Å²) in [5.74, 6) is 1.85. The number of ether oxygens (including phenoxy) is 2. The van der Waals surface area contributed by atoms with Gasteiger partial charge in [0.1, 0.15) is 23.1 Å². The van der Waals surface area contributed by atoms with Crippen molar-refractivity contribution < 1.29 is 19.2 Å². The maximum Gasteiger partial charge on any atom is 0.270 e. The Morgan fingerprint density at radius 2 is 1.66 bits per heavy atom. The standard InChI is InChI=1S/C28H33N5O5/c1-18-15-22(32(2)3)17-27(29-18)30-19-5-7-20(8-6-19)31-28(34)25-16-21(33(35)36)9-14-26(25)38-24-12-10-23(37-4)11-13-24/h9-17,19-20H,5-8H2,1-4H3,(H,29,30)(H,31,34). The highest BCUT2D eigenvalue weighted by Crippen LogP contribution is 2.31. The van der Waals surface area contributed by atoms with Gasteiger partial charge in [-0.1, -0.05) is 0 Å². The summed E-state index contributed by atoms with van der Waals surface area (Å²) in [6.07, 6.45) is 3.28. The first-order valence-corrected chi connectivity index (χ1v) is 12.6. The first kappa shape index (κ1) is 26.7. The van der Waals surface area contributed by atoms with Gasteiger partial charge in [0.25, 0.3) is 11.6 Å². The van der Waals surface area contributed by atoms with Crippen molar-refractivity contribution in [1.29, 1.82) is 0 Å². The Hall–Kier alpha value is -4.34. The molecule has 1 aromatic heterocycles. The second kappa shape index (κ2) is 11.8. The molecule has 1 amide bonds. The molecule has 10 nitrogen and oxygen atoms in total. The van der Waals surface area contributed by atoms with Crippen molar-refractivity contribution in [3.05, 3.63) is 76.0 Å². The highest BCUT2D eigenvalue weighted by Gasteiger charge is 2.25. The van der Waals surface area contributed by atoms with Crippen LogP contribution in [0.4, 0.5) is 17.2 Å². The summed E-state index contributed by atoms with van der Waals surface area (Å²) in [7, 11) is 5.57. The molecule has 0 radical (unpaired) electrons. The number of aryl methyl sites for hydroxylation is 1. The number of carbonyl (C=O) groups excluding carboxylic acids is 1. The number of methoxy groups -OCH3 is 1. The van der Waals surface area contributed by atoms with Crippen LogP contribution in [-0.2, 0) is 0 Å². The highest BCUT2D eigenvalue weighted by atomic mass is 16.6. The molecule has 38 heavy (non-hydrogen) atoms. The molecule has 200 valence electrons. The van der Waals surface area contributed by atoms with Crippen LogP contribution in [0.15, 0.2) is 54.6 Å². The Morgan fingerprint density at radius 1 is 1.00 bits per heavy atom. The van der Waals surface area contributed by atoms with E-state index in [9.17, 15) is 14.9 Å². The Balaban J connectivity index is 1.41. The van der Waals surface area contributed by atoms with E-state index in [2.05, 4.69) is 15.6 Å². The van der Waals surface area contributed by atoms with E-state index in [1.54, 1.807) is 31.4 Å². The number of pyridine rings is 1. The second-order valence-corrected chi connectivity index (χ2v) is 9.63. The Bertz CT molecular complexity index is 1290. The number of benzene rings is 2. The van der Waals surface area contributed by atoms with E-state index in [4.69, 9.17) is 9.47 Å². The smallest absolute Gasteiger partial charge is 0.270 e. The van der Waals surface area contributed by atoms with Crippen molar-refractivity contribution in [3.8, 4) is 17.2 Å². The van der Waals surface area contributed by atoms with Gasteiger partial charge in [-0.3, -0.25) is 14.9 Å². The topological polar surface area (TPSA) is 119 Å². The predicted molar refractivity (Wildman–Crippen MR) is 147 cm³/mol. The molecule has 3 aromatic rings. The predicted octanol–water partition coefficient (Wildman–Crippen LogP) is 5.32. The number of aromatic nitrogens is 1. The number of nitro benzene ring substituents is 1. The maximum atomic E-state index is 13.2. The molecule has 2 N–H and O–H groups in total. The second-order valence-electron chi connectivity index (χ2n) is 9.63. The minimum absolute atomic E-state index is 0.0450. The van der Waals surface area contributed by atoms with E-state index >= 15 is 0 Å². The Morgan fingerprint density at radius 3 is 2.29 bits per heavy atom. The summed E-state index contributed by atoms with van der Waals surface area (Å²) < 4.78 is 11.1. The zero-order valence-electron chi connectivity index (χ0n) is 22.1. The van der Waals surface area contributed by atoms with Crippen LogP contribution >= 0.6 is 0 Å². The summed E-state index contributed by atoms with van der Waals surface area (Å²) >= 11 is 0. The fraction of sp³-hybridized carbons (Fsp3) is 0.357. The van der Waals surface area contributed by atoms with Gasteiger partial charge in [0.15, 0.2) is 0 Å². The number of hydrogen-bond donors (Lipinski definition) is 2. The largest absolute Gasteiger partial charge is 0.497 e. The molecule has 1 aliphatic rings. The van der Waals surface area contributed by atoms with Crippen LogP contribution in [-0.4, -0.2) is 49.1 Å². The van der Waals surface area contributed by atoms with Gasteiger partial charge in [0, 0.05) is 55.8 Å². The average Bonchev–Trinajstić information content (AvgIpc) is 2.90. The van der Waals surface area contributed by atoms with Crippen molar-refractivity contribution >= 4 is 23.1 Å². The molecular formula is C28H33N5O5. The van der Waals surface area contributed by atoms with Crippen LogP contribution in [0, 0.1) is 17.0 Å². The lowest BCUT2D eigenvalue weighted by atomic mass is 9.91. The SMILES string of the molecule is COc1ccc(Oc2ccc([N+](=O)[O-])cc2C(=O)NC2CCC(Nc3cc(N(C)C)cc(C)n3)CC2)cc1. The highest BCUT2D eigenvalue weighted by molar-refractivity contribution is 5.98. The molecule has 0 saturated heterocycles. The van der Waals surface area contributed by atoms with E-state index in [1.165, 1.54) is 18.2 Å². The van der Waals surface area contributed by atoms with E-state index < -0.39 is 10.8 Å². The number of carbonyl (C=O) groups is 1. The summed E-state index contributed by atoms with van der Waals surface area (Å²) in [6.45, 7) is 1.98. The summed E-state index contributed by atoms with van der Waals surface area (Å²) in [5.41, 5.74) is 1.98. The van der Waals surface area contributed by atoms with E-state index in [0.717, 1.165) is 42.9 Å². The van der Waals surface area contributed by atoms with E-state index in [-0.39, 0.29) is 29.1 Å². The molecule has 1 fully saturated rings. The summed E-state index contributed by atoms with van der Waals surface area (Å²) in [4.78, 5) is 30.8. The van der Waals surface area contributed by atoms with Gasteiger partial charge < -0.3 is 25.0 Å². The molecular weight excluding hydrogens is 486 g/mol. The number of anilines is 2. The molecule has 0 atom stereocenters. The first-order chi connectivity index (χ1) is 18.2. The average molecular weight is 520 g/mol. The number of nitro groups is 1. The summed E-state index contributed by atoms with van der Waals surface area (Å²) in [5, 5.41) is 18.0. The van der Waals surface area contributed by atoms with Gasteiger partial charge >= 0.3 is 0 Å². The maximum absolute atomic E-state index is 13.2. The lowest BCUT2D eigenvalue weighted by Gasteiger charge is -2.30. The van der Waals surface area contributed by atoms with E-state index in [1.807, 2.05) is 38.1 Å². The number of amides is 1. The molecule has 0 spiro atoms. The number of nitrogens with zero attached hydrogens (tertiary/aromatic N) is 3. The van der Waals surface area contributed by atoms with Crippen molar-refractivity contribution in [2.45, 2.75) is 44.7 Å². The third-order valence-corrected chi connectivity index (χ3v) is 6.57. The molecule has 10 heteroatoms. The lowest BCUT2D eigenvalue weighted by Crippen LogP contribution is -2.40. The molecule has 0 bridgehead atoms. The number of hydrogen-bond acceptors (Lipinski definition) is 8. The Kier molecular flexibility index (Phi) is 8.30. The van der Waals surface area contributed by atoms with E-state index in [0.29, 0.717) is 11.5 Å². The van der Waals surface area contributed by atoms with Crippen molar-refractivity contribution in [1.82, 2.24) is 10.3 Å². The monoisotopic (exact) mass is 519 g/mol. The van der Waals surface area contributed by atoms with Gasteiger partial charge in [-0.2, -0.15) is 0 Å². The van der Waals surface area contributed by atoms with Gasteiger partial charge in [-0.25, -0.2) is 4.98 Å². The minimum atomic E-state index is -0.522. The van der Waals surface area contributed by atoms with Gasteiger partial charge in [0.05, 0.1) is 17.6 Å².